The first-order valence-electron chi connectivity index (χ1n) is 11.5. The zero-order valence-electron chi connectivity index (χ0n) is 19.4. The summed E-state index contributed by atoms with van der Waals surface area (Å²) in [5.41, 5.74) is 5.33. The SMILES string of the molecule is Cc1cccc(C(C)N2CCC(Nc3ncccc3C(=O)Nc3cccc(Cl)c3)CC2)c1C. The number of rotatable bonds is 6. The molecule has 3 aromatic rings. The van der Waals surface area contributed by atoms with Gasteiger partial charge in [-0.15, -0.1) is 0 Å². The zero-order chi connectivity index (χ0) is 23.4. The number of aryl methyl sites for hydroxylation is 1. The molecule has 2 aromatic carbocycles. The smallest absolute Gasteiger partial charge is 0.259 e. The topological polar surface area (TPSA) is 57.3 Å². The highest BCUT2D eigenvalue weighted by Gasteiger charge is 2.25. The summed E-state index contributed by atoms with van der Waals surface area (Å²) in [6, 6.07) is 18.0. The first-order valence-corrected chi connectivity index (χ1v) is 11.9. The number of hydrogen-bond donors (Lipinski definition) is 2. The summed E-state index contributed by atoms with van der Waals surface area (Å²) in [4.78, 5) is 19.9. The Morgan fingerprint density at radius 1 is 1.09 bits per heavy atom. The van der Waals surface area contributed by atoms with E-state index in [4.69, 9.17) is 11.6 Å². The van der Waals surface area contributed by atoms with E-state index in [-0.39, 0.29) is 11.9 Å². The fraction of sp³-hybridized carbons (Fsp3) is 0.333. The van der Waals surface area contributed by atoms with E-state index in [1.807, 2.05) is 12.1 Å². The zero-order valence-corrected chi connectivity index (χ0v) is 20.2. The molecule has 1 saturated heterocycles. The molecule has 5 nitrogen and oxygen atoms in total. The Balaban J connectivity index is 1.39. The maximum absolute atomic E-state index is 12.9. The Kier molecular flexibility index (Phi) is 7.31. The summed E-state index contributed by atoms with van der Waals surface area (Å²) < 4.78 is 0. The monoisotopic (exact) mass is 462 g/mol. The Bertz CT molecular complexity index is 1120. The molecule has 1 fully saturated rings. The number of halogens is 1. The highest BCUT2D eigenvalue weighted by Crippen LogP contribution is 2.29. The third-order valence-electron chi connectivity index (χ3n) is 6.65. The van der Waals surface area contributed by atoms with Crippen LogP contribution in [-0.2, 0) is 0 Å². The molecule has 1 aliphatic rings. The lowest BCUT2D eigenvalue weighted by Crippen LogP contribution is -2.40. The van der Waals surface area contributed by atoms with Crippen molar-refractivity contribution in [3.05, 3.63) is 88.1 Å². The van der Waals surface area contributed by atoms with Crippen LogP contribution in [0.1, 0.15) is 52.9 Å². The van der Waals surface area contributed by atoms with Crippen LogP contribution in [-0.4, -0.2) is 34.9 Å². The van der Waals surface area contributed by atoms with Crippen LogP contribution in [0.25, 0.3) is 0 Å². The average Bonchev–Trinajstić information content (AvgIpc) is 2.81. The summed E-state index contributed by atoms with van der Waals surface area (Å²) in [6.45, 7) is 8.69. The quantitative estimate of drug-likeness (QED) is 0.455. The molecule has 1 unspecified atom stereocenters. The van der Waals surface area contributed by atoms with Crippen LogP contribution in [0, 0.1) is 13.8 Å². The molecular weight excluding hydrogens is 432 g/mol. The van der Waals surface area contributed by atoms with E-state index in [1.54, 1.807) is 30.5 Å². The molecule has 2 N–H and O–H groups in total. The first-order chi connectivity index (χ1) is 15.9. The van der Waals surface area contributed by atoms with Gasteiger partial charge in [-0.25, -0.2) is 4.98 Å². The molecule has 1 amide bonds. The molecule has 0 saturated carbocycles. The van der Waals surface area contributed by atoms with Crippen molar-refractivity contribution in [2.45, 2.75) is 45.7 Å². The van der Waals surface area contributed by atoms with E-state index in [1.165, 1.54) is 16.7 Å². The normalized spacial score (nSPS) is 15.8. The molecule has 1 aromatic heterocycles. The summed E-state index contributed by atoms with van der Waals surface area (Å²) in [5.74, 6) is 0.423. The molecule has 0 spiro atoms. The Hall–Kier alpha value is -2.89. The van der Waals surface area contributed by atoms with Gasteiger partial charge >= 0.3 is 0 Å². The van der Waals surface area contributed by atoms with Crippen molar-refractivity contribution in [2.75, 3.05) is 23.7 Å². The van der Waals surface area contributed by atoms with Gasteiger partial charge in [-0.05, 0) is 80.6 Å². The fourth-order valence-corrected chi connectivity index (χ4v) is 4.71. The third kappa shape index (κ3) is 5.55. The summed E-state index contributed by atoms with van der Waals surface area (Å²) in [7, 11) is 0. The first kappa shape index (κ1) is 23.3. The van der Waals surface area contributed by atoms with E-state index in [9.17, 15) is 4.79 Å². The second-order valence-electron chi connectivity index (χ2n) is 8.78. The molecule has 4 rings (SSSR count). The molecular formula is C27H31ClN4O. The number of pyridine rings is 1. The molecule has 2 heterocycles. The van der Waals surface area contributed by atoms with Crippen LogP contribution < -0.4 is 10.6 Å². The molecule has 6 heteroatoms. The molecule has 0 aliphatic carbocycles. The van der Waals surface area contributed by atoms with Crippen LogP contribution in [0.3, 0.4) is 0 Å². The number of nitrogens with one attached hydrogen (secondary N) is 2. The van der Waals surface area contributed by atoms with E-state index in [0.29, 0.717) is 28.1 Å². The Labute approximate surface area is 201 Å². The van der Waals surface area contributed by atoms with Gasteiger partial charge in [-0.3, -0.25) is 9.69 Å². The lowest BCUT2D eigenvalue weighted by Gasteiger charge is -2.37. The highest BCUT2D eigenvalue weighted by molar-refractivity contribution is 6.31. The summed E-state index contributed by atoms with van der Waals surface area (Å²) in [6.07, 6.45) is 3.72. The minimum atomic E-state index is -0.200. The van der Waals surface area contributed by atoms with Gasteiger partial charge in [0, 0.05) is 42.1 Å². The number of piperidine rings is 1. The largest absolute Gasteiger partial charge is 0.367 e. The van der Waals surface area contributed by atoms with Gasteiger partial charge in [-0.2, -0.15) is 0 Å². The van der Waals surface area contributed by atoms with E-state index in [0.717, 1.165) is 25.9 Å². The van der Waals surface area contributed by atoms with Crippen molar-refractivity contribution in [3.63, 3.8) is 0 Å². The van der Waals surface area contributed by atoms with Crippen LogP contribution in [0.4, 0.5) is 11.5 Å². The lowest BCUT2D eigenvalue weighted by atomic mass is 9.95. The van der Waals surface area contributed by atoms with Gasteiger partial charge in [0.15, 0.2) is 0 Å². The average molecular weight is 463 g/mol. The van der Waals surface area contributed by atoms with Gasteiger partial charge in [0.25, 0.3) is 5.91 Å². The number of likely N-dealkylation sites (tertiary alicyclic amines) is 1. The fourth-order valence-electron chi connectivity index (χ4n) is 4.52. The maximum Gasteiger partial charge on any atom is 0.259 e. The van der Waals surface area contributed by atoms with Crippen molar-refractivity contribution in [3.8, 4) is 0 Å². The van der Waals surface area contributed by atoms with Crippen LogP contribution in [0.5, 0.6) is 0 Å². The molecule has 1 aliphatic heterocycles. The highest BCUT2D eigenvalue weighted by atomic mass is 35.5. The Morgan fingerprint density at radius 2 is 1.85 bits per heavy atom. The molecule has 0 radical (unpaired) electrons. The number of anilines is 2. The van der Waals surface area contributed by atoms with Gasteiger partial charge in [0.05, 0.1) is 5.56 Å². The molecule has 172 valence electrons. The number of nitrogens with zero attached hydrogens (tertiary/aromatic N) is 2. The van der Waals surface area contributed by atoms with Crippen LogP contribution in [0.2, 0.25) is 5.02 Å². The number of carbonyl (C=O) groups is 1. The van der Waals surface area contributed by atoms with E-state index in [2.05, 4.69) is 59.5 Å². The number of amides is 1. The van der Waals surface area contributed by atoms with Crippen molar-refractivity contribution in [2.24, 2.45) is 0 Å². The van der Waals surface area contributed by atoms with Gasteiger partial charge in [0.1, 0.15) is 5.82 Å². The predicted octanol–water partition coefficient (Wildman–Crippen LogP) is 6.24. The third-order valence-corrected chi connectivity index (χ3v) is 6.88. The van der Waals surface area contributed by atoms with Crippen molar-refractivity contribution in [1.82, 2.24) is 9.88 Å². The van der Waals surface area contributed by atoms with Gasteiger partial charge in [0.2, 0.25) is 0 Å². The van der Waals surface area contributed by atoms with Crippen LogP contribution >= 0.6 is 11.6 Å². The number of hydrogen-bond acceptors (Lipinski definition) is 4. The van der Waals surface area contributed by atoms with Crippen LogP contribution in [0.15, 0.2) is 60.8 Å². The Morgan fingerprint density at radius 3 is 2.61 bits per heavy atom. The molecule has 0 bridgehead atoms. The second kappa shape index (κ2) is 10.4. The standard InChI is InChI=1S/C27H31ClN4O/c1-18-7-4-10-24(19(18)2)20(3)32-15-12-22(13-16-32)30-26-25(11-6-14-29-26)27(33)31-23-9-5-8-21(28)17-23/h4-11,14,17,20,22H,12-13,15-16H2,1-3H3,(H,29,30)(H,31,33). The minimum absolute atomic E-state index is 0.200. The summed E-state index contributed by atoms with van der Waals surface area (Å²) >= 11 is 6.04. The van der Waals surface area contributed by atoms with E-state index >= 15 is 0 Å². The maximum atomic E-state index is 12.9. The minimum Gasteiger partial charge on any atom is -0.367 e. The summed E-state index contributed by atoms with van der Waals surface area (Å²) in [5, 5.41) is 7.02. The number of aromatic nitrogens is 1. The van der Waals surface area contributed by atoms with Crippen molar-refractivity contribution >= 4 is 29.0 Å². The molecule has 33 heavy (non-hydrogen) atoms. The van der Waals surface area contributed by atoms with Crippen molar-refractivity contribution in [1.29, 1.82) is 0 Å². The molecule has 1 atom stereocenters. The van der Waals surface area contributed by atoms with Gasteiger partial charge in [-0.1, -0.05) is 35.9 Å². The second-order valence-corrected chi connectivity index (χ2v) is 9.22. The van der Waals surface area contributed by atoms with E-state index < -0.39 is 0 Å². The predicted molar refractivity (Wildman–Crippen MR) is 136 cm³/mol. The number of benzene rings is 2. The number of carbonyl (C=O) groups excluding carboxylic acids is 1. The van der Waals surface area contributed by atoms with Gasteiger partial charge < -0.3 is 10.6 Å². The lowest BCUT2D eigenvalue weighted by molar-refractivity contribution is 0.102. The van der Waals surface area contributed by atoms with Crippen molar-refractivity contribution < 1.29 is 4.79 Å².